The first-order chi connectivity index (χ1) is 14.1. The average Bonchev–Trinajstić information content (AvgIpc) is 2.65. The third kappa shape index (κ3) is 8.92. The number of carboxylic acids is 1. The third-order valence-corrected chi connectivity index (χ3v) is 6.43. The number of carboxylic acid groups (broad SMARTS) is 1. The zero-order valence-corrected chi connectivity index (χ0v) is 21.1. The van der Waals surface area contributed by atoms with E-state index in [2.05, 4.69) is 13.0 Å². The largest absolute Gasteiger partial charge is 1.00 e. The summed E-state index contributed by atoms with van der Waals surface area (Å²) in [7, 11) is 0. The molecule has 32 heavy (non-hydrogen) atoms. The van der Waals surface area contributed by atoms with Crippen molar-refractivity contribution in [2.45, 2.75) is 91.1 Å². The summed E-state index contributed by atoms with van der Waals surface area (Å²) < 4.78 is 5.83. The fourth-order valence-electron chi connectivity index (χ4n) is 4.51. The molecule has 2 aliphatic carbocycles. The molecule has 0 saturated carbocycles. The van der Waals surface area contributed by atoms with Gasteiger partial charge in [-0.05, 0) is 43.1 Å². The van der Waals surface area contributed by atoms with Crippen molar-refractivity contribution < 1.29 is 64.3 Å². The summed E-state index contributed by atoms with van der Waals surface area (Å²) in [6.45, 7) is 5.83. The number of allylic oxidation sites excluding steroid dienone is 2. The molecule has 0 fully saturated rings. The molecule has 2 aliphatic rings. The molecule has 8 atom stereocenters. The van der Waals surface area contributed by atoms with Gasteiger partial charge in [0.05, 0.1) is 24.2 Å². The van der Waals surface area contributed by atoms with E-state index in [0.29, 0.717) is 25.7 Å². The molecule has 0 aromatic heterocycles. The molecule has 0 radical (unpaired) electrons. The average molecular weight is 463 g/mol. The van der Waals surface area contributed by atoms with E-state index in [9.17, 15) is 30.0 Å². The van der Waals surface area contributed by atoms with Crippen molar-refractivity contribution in [2.24, 2.45) is 23.7 Å². The number of carbonyl (C=O) groups excluding carboxylic acids is 2. The number of aliphatic hydroxyl groups is 3. The van der Waals surface area contributed by atoms with E-state index in [-0.39, 0.29) is 73.0 Å². The van der Waals surface area contributed by atoms with Gasteiger partial charge in [-0.2, -0.15) is 0 Å². The molecule has 3 N–H and O–H groups in total. The van der Waals surface area contributed by atoms with Gasteiger partial charge in [0.1, 0.15) is 6.10 Å². The molecule has 0 saturated heterocycles. The summed E-state index contributed by atoms with van der Waals surface area (Å²) in [5.74, 6) is -1.60. The second kappa shape index (κ2) is 14.5. The summed E-state index contributed by atoms with van der Waals surface area (Å²) in [5, 5.41) is 40.8. The van der Waals surface area contributed by atoms with Crippen LogP contribution in [-0.4, -0.2) is 51.7 Å². The summed E-state index contributed by atoms with van der Waals surface area (Å²) >= 11 is 0. The molecule has 0 aromatic rings. The van der Waals surface area contributed by atoms with Gasteiger partial charge in [0.15, 0.2) is 0 Å². The van der Waals surface area contributed by atoms with E-state index in [1.54, 1.807) is 0 Å². The zero-order valence-electron chi connectivity index (χ0n) is 19.1. The number of carbonyl (C=O) groups is 2. The van der Waals surface area contributed by atoms with Gasteiger partial charge in [-0.3, -0.25) is 4.79 Å². The number of hydrogen-bond donors (Lipinski definition) is 3. The van der Waals surface area contributed by atoms with E-state index in [1.807, 2.05) is 26.0 Å². The molecule has 0 spiro atoms. The maximum absolute atomic E-state index is 12.4. The Bertz CT molecular complexity index is 663. The number of fused-ring (bicyclic) bond motifs is 1. The van der Waals surface area contributed by atoms with Crippen molar-refractivity contribution in [3.05, 3.63) is 23.8 Å². The van der Waals surface area contributed by atoms with Crippen molar-refractivity contribution in [3.8, 4) is 0 Å². The van der Waals surface area contributed by atoms with Gasteiger partial charge in [-0.25, -0.2) is 0 Å². The van der Waals surface area contributed by atoms with Gasteiger partial charge in [0, 0.05) is 24.7 Å². The number of esters is 1. The van der Waals surface area contributed by atoms with Crippen LogP contribution >= 0.6 is 0 Å². The fraction of sp³-hybridized carbons (Fsp3) is 0.750. The Morgan fingerprint density at radius 3 is 2.53 bits per heavy atom. The van der Waals surface area contributed by atoms with Gasteiger partial charge in [-0.15, -0.1) is 0 Å². The molecule has 178 valence electrons. The van der Waals surface area contributed by atoms with E-state index >= 15 is 0 Å². The Morgan fingerprint density at radius 2 is 1.94 bits per heavy atom. The molecule has 8 heteroatoms. The molecular weight excluding hydrogens is 423 g/mol. The first-order valence-electron chi connectivity index (χ1n) is 11.0. The van der Waals surface area contributed by atoms with Crippen molar-refractivity contribution in [2.75, 3.05) is 0 Å². The van der Waals surface area contributed by atoms with Crippen LogP contribution in [0.15, 0.2) is 23.8 Å². The Hall–Kier alpha value is -0.700. The van der Waals surface area contributed by atoms with Gasteiger partial charge in [0.2, 0.25) is 0 Å². The van der Waals surface area contributed by atoms with Crippen LogP contribution in [0.25, 0.3) is 0 Å². The molecule has 0 heterocycles. The summed E-state index contributed by atoms with van der Waals surface area (Å²) in [6, 6.07) is 0. The second-order valence-corrected chi connectivity index (χ2v) is 8.86. The number of aliphatic carboxylic acids is 1. The fourth-order valence-corrected chi connectivity index (χ4v) is 4.51. The van der Waals surface area contributed by atoms with Crippen molar-refractivity contribution >= 4 is 11.9 Å². The molecule has 0 aliphatic heterocycles. The molecule has 0 amide bonds. The van der Waals surface area contributed by atoms with Gasteiger partial charge >= 0.3 is 35.5 Å². The predicted octanol–water partition coefficient (Wildman–Crippen LogP) is -1.25. The minimum absolute atomic E-state index is 0. The first kappa shape index (κ1) is 31.3. The van der Waals surface area contributed by atoms with E-state index in [0.717, 1.165) is 5.57 Å². The van der Waals surface area contributed by atoms with Crippen LogP contribution in [0.4, 0.5) is 0 Å². The number of ether oxygens (including phenoxy) is 1. The predicted molar refractivity (Wildman–Crippen MR) is 116 cm³/mol. The minimum atomic E-state index is -1.35. The first-order valence-corrected chi connectivity index (χ1v) is 11.0. The van der Waals surface area contributed by atoms with Gasteiger partial charge in [0.25, 0.3) is 0 Å². The van der Waals surface area contributed by atoms with Crippen LogP contribution in [0.2, 0.25) is 0 Å². The standard InChI is InChI=1S/C23H36O7.CH4.Na/c1-4-13(2)23(29)30-20-11-17(25)9-15-6-5-14(3)19(22(15)20)8-7-16(24)10-18(26)12-21(27)28;;/h5-6,9,13-14,16-20,22,24-26H,4,7-8,10-12H2,1-3H3,(H,27,28);1H4;/q;;+1/p-1/t13-,14-,16+,17+,18+,19-,20-,22-;;/m0../s1. The van der Waals surface area contributed by atoms with Crippen molar-refractivity contribution in [1.82, 2.24) is 0 Å². The SMILES string of the molecule is C.CC[C@H](C)C(=O)O[C@H]1C[C@H](O)C=C2C=C[C@H](C)[C@H](CC[C@@H](O)C[C@@H](O)CC(=O)[O-])[C@H]21.[Na+]. The van der Waals surface area contributed by atoms with E-state index in [4.69, 9.17) is 4.74 Å². The Balaban J connectivity index is 0.00000480. The Kier molecular flexibility index (Phi) is 14.2. The molecule has 0 bridgehead atoms. The Morgan fingerprint density at radius 1 is 1.28 bits per heavy atom. The molecule has 2 rings (SSSR count). The number of aliphatic hydroxyl groups excluding tert-OH is 3. The number of rotatable bonds is 10. The van der Waals surface area contributed by atoms with Crippen LogP contribution in [-0.2, 0) is 14.3 Å². The van der Waals surface area contributed by atoms with Crippen LogP contribution < -0.4 is 34.7 Å². The molecule has 0 aromatic carbocycles. The van der Waals surface area contributed by atoms with Crippen molar-refractivity contribution in [3.63, 3.8) is 0 Å². The van der Waals surface area contributed by atoms with Crippen LogP contribution in [0, 0.1) is 23.7 Å². The van der Waals surface area contributed by atoms with E-state index < -0.39 is 36.8 Å². The molecule has 0 unspecified atom stereocenters. The topological polar surface area (TPSA) is 127 Å². The van der Waals surface area contributed by atoms with Crippen molar-refractivity contribution in [1.29, 1.82) is 0 Å². The smallest absolute Gasteiger partial charge is 0.550 e. The van der Waals surface area contributed by atoms with Gasteiger partial charge < -0.3 is 30.0 Å². The van der Waals surface area contributed by atoms with Crippen LogP contribution in [0.3, 0.4) is 0 Å². The summed E-state index contributed by atoms with van der Waals surface area (Å²) in [5.41, 5.74) is 0.949. The zero-order chi connectivity index (χ0) is 22.4. The Labute approximate surface area is 214 Å². The van der Waals surface area contributed by atoms with Crippen LogP contribution in [0.1, 0.15) is 66.7 Å². The van der Waals surface area contributed by atoms with Gasteiger partial charge in [-0.1, -0.05) is 46.4 Å². The maximum atomic E-state index is 12.4. The maximum Gasteiger partial charge on any atom is 1.00 e. The third-order valence-electron chi connectivity index (χ3n) is 6.43. The summed E-state index contributed by atoms with van der Waals surface area (Å²) in [6.07, 6.45) is 4.31. The normalized spacial score (nSPS) is 29.3. The van der Waals surface area contributed by atoms with E-state index in [1.165, 1.54) is 0 Å². The molecular formula is C24H39NaO7. The quantitative estimate of drug-likeness (QED) is 0.273. The molecule has 7 nitrogen and oxygen atoms in total. The monoisotopic (exact) mass is 462 g/mol. The second-order valence-electron chi connectivity index (χ2n) is 8.86. The minimum Gasteiger partial charge on any atom is -0.550 e. The van der Waals surface area contributed by atoms with Crippen LogP contribution in [0.5, 0.6) is 0 Å². The summed E-state index contributed by atoms with van der Waals surface area (Å²) in [4.78, 5) is 23.0. The number of hydrogen-bond acceptors (Lipinski definition) is 7.